The molecular weight excluding hydrogens is 422 g/mol. The van der Waals surface area contributed by atoms with Gasteiger partial charge in [0.2, 0.25) is 11.8 Å². The maximum atomic E-state index is 13.3. The highest BCUT2D eigenvalue weighted by Crippen LogP contribution is 2.26. The molecule has 1 N–H and O–H groups in total. The first-order valence-electron chi connectivity index (χ1n) is 11.3. The van der Waals surface area contributed by atoms with Crippen molar-refractivity contribution in [3.8, 4) is 0 Å². The highest BCUT2D eigenvalue weighted by atomic mass is 32.1. The second-order valence-corrected chi connectivity index (χ2v) is 10.1. The summed E-state index contributed by atoms with van der Waals surface area (Å²) in [5.74, 6) is 0.405. The lowest BCUT2D eigenvalue weighted by atomic mass is 10.1. The summed E-state index contributed by atoms with van der Waals surface area (Å²) in [5.41, 5.74) is 2.81. The van der Waals surface area contributed by atoms with Crippen LogP contribution in [0.1, 0.15) is 43.6 Å². The predicted molar refractivity (Wildman–Crippen MR) is 131 cm³/mol. The molecule has 1 aliphatic heterocycles. The fourth-order valence-corrected chi connectivity index (χ4v) is 4.67. The van der Waals surface area contributed by atoms with Crippen LogP contribution in [0.4, 0.5) is 11.4 Å². The average molecular weight is 458 g/mol. The Bertz CT molecular complexity index is 890. The lowest BCUT2D eigenvalue weighted by molar-refractivity contribution is -0.132. The first-order valence-corrected chi connectivity index (χ1v) is 12.2. The summed E-state index contributed by atoms with van der Waals surface area (Å²) in [6.07, 6.45) is 2.98. The highest BCUT2D eigenvalue weighted by molar-refractivity contribution is 7.10. The topological polar surface area (TPSA) is 61.9 Å². The first-order chi connectivity index (χ1) is 15.3. The lowest BCUT2D eigenvalue weighted by Crippen LogP contribution is -2.38. The van der Waals surface area contributed by atoms with Crippen LogP contribution in [-0.2, 0) is 27.3 Å². The Kier molecular flexibility index (Phi) is 8.70. The van der Waals surface area contributed by atoms with E-state index in [9.17, 15) is 9.59 Å². The summed E-state index contributed by atoms with van der Waals surface area (Å²) in [6, 6.07) is 9.91. The standard InChI is InChI=1S/C25H35N3O3S/c1-18(2)13-24(29)26-20-9-10-23(27(3)4)19(14-20)16-28(17-21-7-5-11-31-21)25(30)15-22-8-6-12-32-22/h6,8-10,12,14,18,21H,5,7,11,13,15-17H2,1-4H3,(H,26,29)/t21-/m0/s1. The summed E-state index contributed by atoms with van der Waals surface area (Å²) in [7, 11) is 3.99. The second kappa shape index (κ2) is 11.5. The highest BCUT2D eigenvalue weighted by Gasteiger charge is 2.24. The van der Waals surface area contributed by atoms with Gasteiger partial charge in [-0.3, -0.25) is 9.59 Å². The molecule has 0 radical (unpaired) electrons. The van der Waals surface area contributed by atoms with Crippen LogP contribution in [-0.4, -0.2) is 50.1 Å². The van der Waals surface area contributed by atoms with E-state index in [2.05, 4.69) is 5.32 Å². The van der Waals surface area contributed by atoms with E-state index in [4.69, 9.17) is 4.74 Å². The van der Waals surface area contributed by atoms with E-state index in [1.54, 1.807) is 11.3 Å². The molecule has 32 heavy (non-hydrogen) atoms. The largest absolute Gasteiger partial charge is 0.377 e. The quantitative estimate of drug-likeness (QED) is 0.569. The molecule has 0 spiro atoms. The smallest absolute Gasteiger partial charge is 0.228 e. The first kappa shape index (κ1) is 24.3. The molecule has 2 amide bonds. The van der Waals surface area contributed by atoms with Crippen molar-refractivity contribution in [1.82, 2.24) is 4.90 Å². The third kappa shape index (κ3) is 7.07. The van der Waals surface area contributed by atoms with E-state index >= 15 is 0 Å². The molecule has 1 aromatic carbocycles. The molecule has 0 aliphatic carbocycles. The van der Waals surface area contributed by atoms with E-state index in [1.807, 2.05) is 73.5 Å². The van der Waals surface area contributed by atoms with Crippen LogP contribution in [0, 0.1) is 5.92 Å². The van der Waals surface area contributed by atoms with Crippen molar-refractivity contribution in [2.45, 2.75) is 52.2 Å². The normalized spacial score (nSPS) is 15.7. The van der Waals surface area contributed by atoms with Crippen molar-refractivity contribution in [2.75, 3.05) is 37.5 Å². The summed E-state index contributed by atoms with van der Waals surface area (Å²) < 4.78 is 5.84. The number of ether oxygens (including phenoxy) is 1. The molecule has 1 atom stereocenters. The molecule has 6 nitrogen and oxygen atoms in total. The zero-order chi connectivity index (χ0) is 23.1. The Morgan fingerprint density at radius 3 is 2.69 bits per heavy atom. The summed E-state index contributed by atoms with van der Waals surface area (Å²) in [4.78, 5) is 30.6. The van der Waals surface area contributed by atoms with Crippen LogP contribution in [0.2, 0.25) is 0 Å². The Morgan fingerprint density at radius 1 is 1.25 bits per heavy atom. The molecule has 3 rings (SSSR count). The fraction of sp³-hybridized carbons (Fsp3) is 0.520. The van der Waals surface area contributed by atoms with Gasteiger partial charge in [0.05, 0.1) is 12.5 Å². The minimum Gasteiger partial charge on any atom is -0.377 e. The average Bonchev–Trinajstić information content (AvgIpc) is 3.41. The van der Waals surface area contributed by atoms with Crippen molar-refractivity contribution in [1.29, 1.82) is 0 Å². The number of thiophene rings is 1. The van der Waals surface area contributed by atoms with Gasteiger partial charge < -0.3 is 19.9 Å². The number of hydrogen-bond donors (Lipinski definition) is 1. The minimum atomic E-state index is 0.00790. The third-order valence-electron chi connectivity index (χ3n) is 5.51. The van der Waals surface area contributed by atoms with Crippen LogP contribution in [0.25, 0.3) is 0 Å². The number of carbonyl (C=O) groups is 2. The van der Waals surface area contributed by atoms with Crippen molar-refractivity contribution in [2.24, 2.45) is 5.92 Å². The van der Waals surface area contributed by atoms with Gasteiger partial charge >= 0.3 is 0 Å². The molecular formula is C25H35N3O3S. The van der Waals surface area contributed by atoms with E-state index in [0.29, 0.717) is 31.8 Å². The number of carbonyl (C=O) groups excluding carboxylic acids is 2. The van der Waals surface area contributed by atoms with Gasteiger partial charge in [0.25, 0.3) is 0 Å². The van der Waals surface area contributed by atoms with Gasteiger partial charge in [-0.25, -0.2) is 0 Å². The van der Waals surface area contributed by atoms with Crippen molar-refractivity contribution in [3.05, 3.63) is 46.2 Å². The molecule has 2 heterocycles. The molecule has 1 fully saturated rings. The molecule has 1 saturated heterocycles. The number of anilines is 2. The van der Waals surface area contributed by atoms with Crippen LogP contribution in [0.3, 0.4) is 0 Å². The van der Waals surface area contributed by atoms with Crippen LogP contribution < -0.4 is 10.2 Å². The Hall–Kier alpha value is -2.38. The van der Waals surface area contributed by atoms with E-state index in [-0.39, 0.29) is 17.9 Å². The van der Waals surface area contributed by atoms with Crippen molar-refractivity contribution >= 4 is 34.5 Å². The zero-order valence-electron chi connectivity index (χ0n) is 19.6. The second-order valence-electron chi connectivity index (χ2n) is 9.05. The number of hydrogen-bond acceptors (Lipinski definition) is 5. The van der Waals surface area contributed by atoms with Gasteiger partial charge in [-0.1, -0.05) is 19.9 Å². The van der Waals surface area contributed by atoms with Gasteiger partial charge in [-0.2, -0.15) is 0 Å². The fourth-order valence-electron chi connectivity index (χ4n) is 3.98. The maximum absolute atomic E-state index is 13.3. The zero-order valence-corrected chi connectivity index (χ0v) is 20.4. The Labute approximate surface area is 195 Å². The number of nitrogens with one attached hydrogen (secondary N) is 1. The predicted octanol–water partition coefficient (Wildman–Crippen LogP) is 4.55. The van der Waals surface area contributed by atoms with Crippen LogP contribution in [0.5, 0.6) is 0 Å². The van der Waals surface area contributed by atoms with E-state index < -0.39 is 0 Å². The summed E-state index contributed by atoms with van der Waals surface area (Å²) in [5, 5.41) is 5.01. The van der Waals surface area contributed by atoms with Gasteiger partial charge in [-0.05, 0) is 54.0 Å². The molecule has 1 aliphatic rings. The molecule has 0 unspecified atom stereocenters. The van der Waals surface area contributed by atoms with Crippen LogP contribution in [0.15, 0.2) is 35.7 Å². The number of benzene rings is 1. The molecule has 1 aromatic heterocycles. The summed E-state index contributed by atoms with van der Waals surface area (Å²) >= 11 is 1.61. The Balaban J connectivity index is 1.82. The number of nitrogens with zero attached hydrogens (tertiary/aromatic N) is 2. The maximum Gasteiger partial charge on any atom is 0.228 e. The Morgan fingerprint density at radius 2 is 2.06 bits per heavy atom. The van der Waals surface area contributed by atoms with Crippen molar-refractivity contribution < 1.29 is 14.3 Å². The molecule has 0 saturated carbocycles. The number of amides is 2. The van der Waals surface area contributed by atoms with Gasteiger partial charge in [0.1, 0.15) is 0 Å². The van der Waals surface area contributed by atoms with Gasteiger partial charge in [-0.15, -0.1) is 11.3 Å². The van der Waals surface area contributed by atoms with E-state index in [0.717, 1.165) is 41.3 Å². The van der Waals surface area contributed by atoms with Crippen molar-refractivity contribution in [3.63, 3.8) is 0 Å². The molecule has 174 valence electrons. The third-order valence-corrected chi connectivity index (χ3v) is 6.38. The molecule has 7 heteroatoms. The SMILES string of the molecule is CC(C)CC(=O)Nc1ccc(N(C)C)c(CN(C[C@@H]2CCCO2)C(=O)Cc2cccs2)c1. The van der Waals surface area contributed by atoms with Gasteiger partial charge in [0, 0.05) is 56.5 Å². The van der Waals surface area contributed by atoms with Crippen LogP contribution >= 0.6 is 11.3 Å². The molecule has 0 bridgehead atoms. The number of rotatable bonds is 10. The lowest BCUT2D eigenvalue weighted by Gasteiger charge is -2.28. The summed E-state index contributed by atoms with van der Waals surface area (Å²) in [6.45, 7) is 5.88. The van der Waals surface area contributed by atoms with Gasteiger partial charge in [0.15, 0.2) is 0 Å². The molecule has 2 aromatic rings. The monoisotopic (exact) mass is 457 g/mol. The minimum absolute atomic E-state index is 0.00790. The van der Waals surface area contributed by atoms with E-state index in [1.165, 1.54) is 0 Å².